The van der Waals surface area contributed by atoms with Crippen LogP contribution in [0.2, 0.25) is 0 Å². The molecule has 0 radical (unpaired) electrons. The fourth-order valence-corrected chi connectivity index (χ4v) is 1.28. The van der Waals surface area contributed by atoms with Gasteiger partial charge in [0.05, 0.1) is 6.10 Å². The van der Waals surface area contributed by atoms with E-state index in [-0.39, 0.29) is 34.5 Å². The van der Waals surface area contributed by atoms with E-state index in [1.54, 1.807) is 0 Å². The van der Waals surface area contributed by atoms with Crippen molar-refractivity contribution in [3.05, 3.63) is 23.8 Å². The van der Waals surface area contributed by atoms with Crippen molar-refractivity contribution in [1.82, 2.24) is 5.32 Å². The van der Waals surface area contributed by atoms with Crippen LogP contribution >= 0.6 is 17.0 Å². The highest BCUT2D eigenvalue weighted by Crippen LogP contribution is 2.24. The molecule has 0 saturated heterocycles. The zero-order valence-corrected chi connectivity index (χ0v) is 11.1. The Morgan fingerprint density at radius 1 is 1.12 bits per heavy atom. The van der Waals surface area contributed by atoms with Crippen LogP contribution in [0.15, 0.2) is 18.2 Å². The summed E-state index contributed by atoms with van der Waals surface area (Å²) < 4.78 is 0. The molecule has 4 nitrogen and oxygen atoms in total. The van der Waals surface area contributed by atoms with Crippen LogP contribution in [-0.4, -0.2) is 27.9 Å². The first-order chi connectivity index (χ1) is 6.99. The third-order valence-electron chi connectivity index (χ3n) is 2.03. The SMILES string of the molecule is Br.CC(C)NCC(O)c1cc(O)cc(O)c1. The Morgan fingerprint density at radius 3 is 2.06 bits per heavy atom. The number of benzene rings is 1. The standard InChI is InChI=1S/C11H17NO3.BrH/c1-7(2)12-6-11(15)8-3-9(13)5-10(14)4-8;/h3-5,7,11-15H,6H2,1-2H3;1H. The van der Waals surface area contributed by atoms with Gasteiger partial charge in [0, 0.05) is 18.7 Å². The number of aliphatic hydroxyl groups is 1. The molecule has 16 heavy (non-hydrogen) atoms. The summed E-state index contributed by atoms with van der Waals surface area (Å²) >= 11 is 0. The van der Waals surface area contributed by atoms with Gasteiger partial charge in [0.15, 0.2) is 0 Å². The highest BCUT2D eigenvalue weighted by atomic mass is 79.9. The molecule has 0 aliphatic carbocycles. The molecule has 0 aromatic heterocycles. The van der Waals surface area contributed by atoms with Gasteiger partial charge in [-0.15, -0.1) is 17.0 Å². The molecule has 1 aromatic carbocycles. The molecule has 0 aliphatic rings. The van der Waals surface area contributed by atoms with Crippen molar-refractivity contribution in [1.29, 1.82) is 0 Å². The molecule has 1 atom stereocenters. The number of rotatable bonds is 4. The number of nitrogens with one attached hydrogen (secondary N) is 1. The van der Waals surface area contributed by atoms with Crippen molar-refractivity contribution < 1.29 is 15.3 Å². The van der Waals surface area contributed by atoms with E-state index in [2.05, 4.69) is 5.32 Å². The second kappa shape index (κ2) is 6.73. The van der Waals surface area contributed by atoms with Crippen LogP contribution in [0, 0.1) is 0 Å². The Morgan fingerprint density at radius 2 is 1.62 bits per heavy atom. The minimum Gasteiger partial charge on any atom is -0.508 e. The number of aliphatic hydroxyl groups excluding tert-OH is 1. The average Bonchev–Trinajstić information content (AvgIpc) is 2.12. The van der Waals surface area contributed by atoms with E-state index in [4.69, 9.17) is 0 Å². The van der Waals surface area contributed by atoms with Crippen molar-refractivity contribution >= 4 is 17.0 Å². The summed E-state index contributed by atoms with van der Waals surface area (Å²) in [6.45, 7) is 4.35. The molecule has 0 fully saturated rings. The van der Waals surface area contributed by atoms with Gasteiger partial charge in [0.25, 0.3) is 0 Å². The first-order valence-electron chi connectivity index (χ1n) is 4.93. The minimum absolute atomic E-state index is 0. The molecule has 0 aliphatic heterocycles. The topological polar surface area (TPSA) is 72.7 Å². The van der Waals surface area contributed by atoms with Gasteiger partial charge in [0.1, 0.15) is 11.5 Å². The first kappa shape index (κ1) is 15.2. The third-order valence-corrected chi connectivity index (χ3v) is 2.03. The molecule has 0 heterocycles. The quantitative estimate of drug-likeness (QED) is 0.681. The van der Waals surface area contributed by atoms with Gasteiger partial charge >= 0.3 is 0 Å². The van der Waals surface area contributed by atoms with Gasteiger partial charge in [-0.25, -0.2) is 0 Å². The average molecular weight is 292 g/mol. The van der Waals surface area contributed by atoms with E-state index in [0.29, 0.717) is 12.1 Å². The Labute approximate surface area is 106 Å². The minimum atomic E-state index is -0.731. The number of aromatic hydroxyl groups is 2. The molecule has 92 valence electrons. The third kappa shape index (κ3) is 4.83. The highest BCUT2D eigenvalue weighted by molar-refractivity contribution is 8.93. The van der Waals surface area contributed by atoms with Gasteiger partial charge in [-0.3, -0.25) is 0 Å². The predicted molar refractivity (Wildman–Crippen MR) is 68.2 cm³/mol. The normalized spacial score (nSPS) is 12.2. The van der Waals surface area contributed by atoms with E-state index in [1.165, 1.54) is 18.2 Å². The Kier molecular flexibility index (Phi) is 6.40. The van der Waals surface area contributed by atoms with Crippen LogP contribution in [-0.2, 0) is 0 Å². The Balaban J connectivity index is 0.00000225. The van der Waals surface area contributed by atoms with Gasteiger partial charge in [-0.05, 0) is 17.7 Å². The molecule has 0 bridgehead atoms. The number of phenols is 2. The number of phenolic OH excluding ortho intramolecular Hbond substituents is 2. The number of hydrogen-bond acceptors (Lipinski definition) is 4. The monoisotopic (exact) mass is 291 g/mol. The molecule has 0 amide bonds. The molecular formula is C11H18BrNO3. The maximum absolute atomic E-state index is 9.73. The maximum Gasteiger partial charge on any atom is 0.119 e. The van der Waals surface area contributed by atoms with E-state index in [0.717, 1.165) is 0 Å². The van der Waals surface area contributed by atoms with E-state index < -0.39 is 6.10 Å². The number of halogens is 1. The molecule has 0 spiro atoms. The summed E-state index contributed by atoms with van der Waals surface area (Å²) in [5.41, 5.74) is 0.501. The van der Waals surface area contributed by atoms with Crippen LogP contribution in [0.5, 0.6) is 11.5 Å². The number of hydrogen-bond donors (Lipinski definition) is 4. The summed E-state index contributed by atoms with van der Waals surface area (Å²) in [5.74, 6) is -0.0952. The van der Waals surface area contributed by atoms with Crippen LogP contribution < -0.4 is 5.32 Å². The van der Waals surface area contributed by atoms with E-state index in [9.17, 15) is 15.3 Å². The summed E-state index contributed by atoms with van der Waals surface area (Å²) in [5, 5.41) is 31.3. The van der Waals surface area contributed by atoms with Gasteiger partial charge < -0.3 is 20.6 Å². The van der Waals surface area contributed by atoms with Crippen molar-refractivity contribution in [3.63, 3.8) is 0 Å². The van der Waals surface area contributed by atoms with Gasteiger partial charge in [-0.1, -0.05) is 13.8 Å². The molecular weight excluding hydrogens is 274 g/mol. The zero-order chi connectivity index (χ0) is 11.4. The van der Waals surface area contributed by atoms with Crippen molar-refractivity contribution in [2.24, 2.45) is 0 Å². The van der Waals surface area contributed by atoms with Crippen LogP contribution in [0.1, 0.15) is 25.5 Å². The maximum atomic E-state index is 9.73. The lowest BCUT2D eigenvalue weighted by Crippen LogP contribution is -2.27. The molecule has 1 rings (SSSR count). The van der Waals surface area contributed by atoms with Crippen LogP contribution in [0.3, 0.4) is 0 Å². The highest BCUT2D eigenvalue weighted by Gasteiger charge is 2.10. The molecule has 0 saturated carbocycles. The second-order valence-electron chi connectivity index (χ2n) is 3.86. The van der Waals surface area contributed by atoms with Crippen LogP contribution in [0.25, 0.3) is 0 Å². The summed E-state index contributed by atoms with van der Waals surface area (Å²) in [7, 11) is 0. The molecule has 1 aromatic rings. The Hall–Kier alpha value is -0.780. The fourth-order valence-electron chi connectivity index (χ4n) is 1.28. The lowest BCUT2D eigenvalue weighted by Gasteiger charge is -2.14. The van der Waals surface area contributed by atoms with E-state index >= 15 is 0 Å². The fraction of sp³-hybridized carbons (Fsp3) is 0.455. The molecule has 5 heteroatoms. The first-order valence-corrected chi connectivity index (χ1v) is 4.93. The summed E-state index contributed by atoms with van der Waals surface area (Å²) in [4.78, 5) is 0. The van der Waals surface area contributed by atoms with Crippen molar-refractivity contribution in [2.45, 2.75) is 26.0 Å². The summed E-state index contributed by atoms with van der Waals surface area (Å²) in [6.07, 6.45) is -0.731. The van der Waals surface area contributed by atoms with Crippen LogP contribution in [0.4, 0.5) is 0 Å². The smallest absolute Gasteiger partial charge is 0.119 e. The van der Waals surface area contributed by atoms with E-state index in [1.807, 2.05) is 13.8 Å². The largest absolute Gasteiger partial charge is 0.508 e. The molecule has 1 unspecified atom stereocenters. The van der Waals surface area contributed by atoms with Gasteiger partial charge in [0.2, 0.25) is 0 Å². The second-order valence-corrected chi connectivity index (χ2v) is 3.86. The van der Waals surface area contributed by atoms with Crippen molar-refractivity contribution in [3.8, 4) is 11.5 Å². The summed E-state index contributed by atoms with van der Waals surface area (Å²) in [6, 6.07) is 4.38. The lowest BCUT2D eigenvalue weighted by molar-refractivity contribution is 0.171. The van der Waals surface area contributed by atoms with Crippen molar-refractivity contribution in [2.75, 3.05) is 6.54 Å². The predicted octanol–water partition coefficient (Wildman–Crippen LogP) is 1.71. The zero-order valence-electron chi connectivity index (χ0n) is 9.34. The lowest BCUT2D eigenvalue weighted by atomic mass is 10.1. The Bertz CT molecular complexity index is 311. The molecule has 4 N–H and O–H groups in total. The van der Waals surface area contributed by atoms with Gasteiger partial charge in [-0.2, -0.15) is 0 Å².